The highest BCUT2D eigenvalue weighted by Gasteiger charge is 2.43. The third-order valence-corrected chi connectivity index (χ3v) is 5.58. The Morgan fingerprint density at radius 1 is 1.33 bits per heavy atom. The number of pyridine rings is 1. The Morgan fingerprint density at radius 2 is 2.03 bits per heavy atom. The maximum absolute atomic E-state index is 13.4. The minimum atomic E-state index is -0.803. The van der Waals surface area contributed by atoms with Crippen molar-refractivity contribution in [2.45, 2.75) is 65.3 Å². The fourth-order valence-corrected chi connectivity index (χ4v) is 3.28. The van der Waals surface area contributed by atoms with Gasteiger partial charge in [-0.15, -0.1) is 0 Å². The first-order valence-electron chi connectivity index (χ1n) is 10.3. The van der Waals surface area contributed by atoms with Crippen LogP contribution in [0.3, 0.4) is 0 Å². The Morgan fingerprint density at radius 3 is 2.57 bits per heavy atom. The second-order valence-electron chi connectivity index (χ2n) is 8.38. The average molecular weight is 423 g/mol. The summed E-state index contributed by atoms with van der Waals surface area (Å²) in [7, 11) is 0. The number of anilines is 1. The quantitative estimate of drug-likeness (QED) is 0.375. The molecular formula is C21H31FN4O4. The van der Waals surface area contributed by atoms with Crippen molar-refractivity contribution in [3.8, 4) is 0 Å². The highest BCUT2D eigenvalue weighted by atomic mass is 19.1. The molecule has 1 fully saturated rings. The number of hydrogen-bond donors (Lipinski definition) is 3. The van der Waals surface area contributed by atoms with Crippen LogP contribution in [0.1, 0.15) is 59.3 Å². The number of carbonyl (C=O) groups excluding carboxylic acids is 3. The Labute approximate surface area is 176 Å². The van der Waals surface area contributed by atoms with Gasteiger partial charge < -0.3 is 10.2 Å². The molecule has 0 aliphatic heterocycles. The van der Waals surface area contributed by atoms with Crippen LogP contribution < -0.4 is 10.8 Å². The van der Waals surface area contributed by atoms with E-state index in [2.05, 4.69) is 17.2 Å². The van der Waals surface area contributed by atoms with Gasteiger partial charge in [0.05, 0.1) is 6.20 Å². The number of rotatable bonds is 11. The average Bonchev–Trinajstić information content (AvgIpc) is 3.46. The first-order valence-corrected chi connectivity index (χ1v) is 10.3. The van der Waals surface area contributed by atoms with E-state index >= 15 is 0 Å². The fraction of sp³-hybridized carbons (Fsp3) is 0.619. The van der Waals surface area contributed by atoms with Crippen molar-refractivity contribution >= 4 is 23.5 Å². The van der Waals surface area contributed by atoms with Gasteiger partial charge in [-0.3, -0.25) is 19.6 Å². The molecular weight excluding hydrogens is 391 g/mol. The SMILES string of the molecule is CCCC[C@H](CC(=O)NO)C(=O)N(CC1(C)CC1)[C@@H](C)C(=O)Nc1ccc(F)cn1. The summed E-state index contributed by atoms with van der Waals surface area (Å²) in [6.45, 7) is 6.08. The zero-order valence-electron chi connectivity index (χ0n) is 17.8. The molecule has 0 radical (unpaired) electrons. The number of unbranched alkanes of at least 4 members (excludes halogenated alkanes) is 1. The first kappa shape index (κ1) is 23.7. The zero-order chi connectivity index (χ0) is 22.3. The van der Waals surface area contributed by atoms with Gasteiger partial charge in [-0.1, -0.05) is 26.7 Å². The molecule has 1 heterocycles. The predicted molar refractivity (Wildman–Crippen MR) is 109 cm³/mol. The van der Waals surface area contributed by atoms with Crippen molar-refractivity contribution in [3.63, 3.8) is 0 Å². The minimum Gasteiger partial charge on any atom is -0.330 e. The molecule has 30 heavy (non-hydrogen) atoms. The Bertz CT molecular complexity index is 752. The molecule has 3 amide bonds. The summed E-state index contributed by atoms with van der Waals surface area (Å²) in [4.78, 5) is 43.3. The van der Waals surface area contributed by atoms with E-state index in [1.54, 1.807) is 12.4 Å². The third kappa shape index (κ3) is 6.76. The van der Waals surface area contributed by atoms with Crippen molar-refractivity contribution < 1.29 is 24.0 Å². The van der Waals surface area contributed by atoms with Gasteiger partial charge in [-0.2, -0.15) is 0 Å². The van der Waals surface area contributed by atoms with Crippen LogP contribution in [0.2, 0.25) is 0 Å². The van der Waals surface area contributed by atoms with E-state index < -0.39 is 29.6 Å². The van der Waals surface area contributed by atoms with Crippen LogP contribution >= 0.6 is 0 Å². The Balaban J connectivity index is 2.18. The third-order valence-electron chi connectivity index (χ3n) is 5.58. The summed E-state index contributed by atoms with van der Waals surface area (Å²) in [6.07, 6.45) is 4.88. The molecule has 0 spiro atoms. The number of hydroxylamine groups is 1. The molecule has 2 rings (SSSR count). The maximum atomic E-state index is 13.4. The predicted octanol–water partition coefficient (Wildman–Crippen LogP) is 2.88. The number of carbonyl (C=O) groups is 3. The highest BCUT2D eigenvalue weighted by molar-refractivity contribution is 5.97. The molecule has 1 aromatic heterocycles. The van der Waals surface area contributed by atoms with Crippen molar-refractivity contribution in [1.29, 1.82) is 0 Å². The van der Waals surface area contributed by atoms with Crippen molar-refractivity contribution in [2.24, 2.45) is 11.3 Å². The molecule has 0 unspecified atom stereocenters. The van der Waals surface area contributed by atoms with Gasteiger partial charge in [-0.05, 0) is 43.7 Å². The highest BCUT2D eigenvalue weighted by Crippen LogP contribution is 2.46. The second kappa shape index (κ2) is 10.5. The lowest BCUT2D eigenvalue weighted by Crippen LogP contribution is -2.50. The molecule has 9 heteroatoms. The van der Waals surface area contributed by atoms with E-state index in [9.17, 15) is 18.8 Å². The smallest absolute Gasteiger partial charge is 0.248 e. The molecule has 1 aliphatic rings. The van der Waals surface area contributed by atoms with Gasteiger partial charge in [0.25, 0.3) is 0 Å². The fourth-order valence-electron chi connectivity index (χ4n) is 3.28. The van der Waals surface area contributed by atoms with Crippen molar-refractivity contribution in [3.05, 3.63) is 24.1 Å². The van der Waals surface area contributed by atoms with Crippen LogP contribution in [-0.4, -0.2) is 45.4 Å². The van der Waals surface area contributed by atoms with Crippen LogP contribution in [0, 0.1) is 17.2 Å². The largest absolute Gasteiger partial charge is 0.330 e. The molecule has 8 nitrogen and oxygen atoms in total. The lowest BCUT2D eigenvalue weighted by Gasteiger charge is -2.33. The molecule has 3 N–H and O–H groups in total. The normalized spacial score (nSPS) is 16.3. The van der Waals surface area contributed by atoms with E-state index in [1.807, 2.05) is 6.92 Å². The first-order chi connectivity index (χ1) is 14.2. The summed E-state index contributed by atoms with van der Waals surface area (Å²) < 4.78 is 13.1. The maximum Gasteiger partial charge on any atom is 0.248 e. The molecule has 1 aromatic rings. The summed E-state index contributed by atoms with van der Waals surface area (Å²) >= 11 is 0. The van der Waals surface area contributed by atoms with Crippen LogP contribution in [-0.2, 0) is 14.4 Å². The van der Waals surface area contributed by atoms with Gasteiger partial charge in [0, 0.05) is 18.9 Å². The van der Waals surface area contributed by atoms with Crippen LogP contribution in [0.25, 0.3) is 0 Å². The molecule has 0 bridgehead atoms. The Kier molecular flexibility index (Phi) is 8.28. The van der Waals surface area contributed by atoms with E-state index in [4.69, 9.17) is 5.21 Å². The number of aromatic nitrogens is 1. The van der Waals surface area contributed by atoms with Gasteiger partial charge in [0.1, 0.15) is 17.7 Å². The van der Waals surface area contributed by atoms with Crippen LogP contribution in [0.4, 0.5) is 10.2 Å². The molecule has 2 atom stereocenters. The molecule has 0 saturated heterocycles. The number of hydrogen-bond acceptors (Lipinski definition) is 5. The lowest BCUT2D eigenvalue weighted by atomic mass is 9.94. The Hall–Kier alpha value is -2.55. The van der Waals surface area contributed by atoms with Crippen molar-refractivity contribution in [2.75, 3.05) is 11.9 Å². The molecule has 0 aromatic carbocycles. The van der Waals surface area contributed by atoms with E-state index in [0.29, 0.717) is 13.0 Å². The van der Waals surface area contributed by atoms with E-state index in [0.717, 1.165) is 31.9 Å². The molecule has 1 saturated carbocycles. The molecule has 1 aliphatic carbocycles. The summed E-state index contributed by atoms with van der Waals surface area (Å²) in [6, 6.07) is 1.74. The number of nitrogens with one attached hydrogen (secondary N) is 2. The van der Waals surface area contributed by atoms with Crippen molar-refractivity contribution in [1.82, 2.24) is 15.4 Å². The number of nitrogens with zero attached hydrogens (tertiary/aromatic N) is 2. The van der Waals surface area contributed by atoms with E-state index in [1.165, 1.54) is 17.0 Å². The standard InChI is InChI=1S/C21H31FN4O4/c1-4-5-6-15(11-18(27)25-30)20(29)26(13-21(3)9-10-21)14(2)19(28)24-17-8-7-16(22)12-23-17/h7-8,12,14-15,30H,4-6,9-11,13H2,1-3H3,(H,25,27)(H,23,24,28)/t14-,15+/m0/s1. The van der Waals surface area contributed by atoms with Gasteiger partial charge in [-0.25, -0.2) is 14.9 Å². The monoisotopic (exact) mass is 422 g/mol. The van der Waals surface area contributed by atoms with E-state index in [-0.39, 0.29) is 23.6 Å². The summed E-state index contributed by atoms with van der Waals surface area (Å²) in [5.74, 6) is -2.29. The second-order valence-corrected chi connectivity index (χ2v) is 8.38. The van der Waals surface area contributed by atoms with Gasteiger partial charge in [0.2, 0.25) is 17.7 Å². The zero-order valence-corrected chi connectivity index (χ0v) is 17.8. The summed E-state index contributed by atoms with van der Waals surface area (Å²) in [5.41, 5.74) is 1.54. The minimum absolute atomic E-state index is 0.0487. The van der Waals surface area contributed by atoms with Crippen LogP contribution in [0.5, 0.6) is 0 Å². The topological polar surface area (TPSA) is 112 Å². The lowest BCUT2D eigenvalue weighted by molar-refractivity contribution is -0.145. The van der Waals surface area contributed by atoms with Crippen LogP contribution in [0.15, 0.2) is 18.3 Å². The van der Waals surface area contributed by atoms with Gasteiger partial charge in [0.15, 0.2) is 0 Å². The van der Waals surface area contributed by atoms with Gasteiger partial charge >= 0.3 is 0 Å². The number of halogens is 1. The molecule has 166 valence electrons. The summed E-state index contributed by atoms with van der Waals surface area (Å²) in [5, 5.41) is 11.5. The number of amides is 3.